The molecular formula is C21H25ClN2O3S. The summed E-state index contributed by atoms with van der Waals surface area (Å²) in [6, 6.07) is 3.80. The van der Waals surface area contributed by atoms with E-state index < -0.39 is 6.10 Å². The number of ether oxygens (including phenoxy) is 1. The minimum atomic E-state index is -0.840. The lowest BCUT2D eigenvalue weighted by Crippen LogP contribution is -2.30. The van der Waals surface area contributed by atoms with E-state index in [0.29, 0.717) is 16.2 Å². The fourth-order valence-corrected chi connectivity index (χ4v) is 4.27. The van der Waals surface area contributed by atoms with Gasteiger partial charge in [-0.1, -0.05) is 25.4 Å². The molecule has 0 fully saturated rings. The van der Waals surface area contributed by atoms with Crippen LogP contribution in [0.4, 0.5) is 0 Å². The van der Waals surface area contributed by atoms with Crippen molar-refractivity contribution in [1.29, 1.82) is 0 Å². The van der Waals surface area contributed by atoms with Crippen LogP contribution in [0, 0.1) is 20.8 Å². The third-order valence-electron chi connectivity index (χ3n) is 4.91. The number of aliphatic hydroxyl groups is 1. The van der Waals surface area contributed by atoms with Crippen LogP contribution in [0.3, 0.4) is 0 Å². The Balaban J connectivity index is 1.77. The maximum Gasteiger partial charge on any atom is 0.262 e. The summed E-state index contributed by atoms with van der Waals surface area (Å²) < 4.78 is 7.33. The largest absolute Gasteiger partial charge is 0.491 e. The highest BCUT2D eigenvalue weighted by Crippen LogP contribution is 2.32. The smallest absolute Gasteiger partial charge is 0.262 e. The van der Waals surface area contributed by atoms with Gasteiger partial charge in [0.15, 0.2) is 0 Å². The van der Waals surface area contributed by atoms with Crippen LogP contribution in [0.5, 0.6) is 5.75 Å². The molecule has 1 aromatic carbocycles. The first-order chi connectivity index (χ1) is 13.2. The molecule has 0 radical (unpaired) electrons. The minimum absolute atomic E-state index is 0.0763. The molecule has 3 aromatic rings. The molecule has 0 saturated carbocycles. The minimum Gasteiger partial charge on any atom is -0.491 e. The molecular weight excluding hydrogens is 396 g/mol. The number of aryl methyl sites for hydroxylation is 3. The maximum atomic E-state index is 12.8. The van der Waals surface area contributed by atoms with Gasteiger partial charge < -0.3 is 9.84 Å². The maximum absolute atomic E-state index is 12.8. The molecule has 150 valence electrons. The number of benzene rings is 1. The Labute approximate surface area is 173 Å². The van der Waals surface area contributed by atoms with Crippen molar-refractivity contribution < 1.29 is 9.84 Å². The van der Waals surface area contributed by atoms with E-state index in [4.69, 9.17) is 16.3 Å². The molecule has 0 amide bonds. The highest BCUT2D eigenvalue weighted by atomic mass is 35.5. The molecule has 5 nitrogen and oxygen atoms in total. The third-order valence-corrected chi connectivity index (χ3v) is 6.43. The first-order valence-electron chi connectivity index (χ1n) is 9.25. The normalized spacial score (nSPS) is 12.7. The lowest BCUT2D eigenvalue weighted by molar-refractivity contribution is 0.0908. The van der Waals surface area contributed by atoms with Crippen LogP contribution in [0.2, 0.25) is 5.02 Å². The number of aliphatic hydroxyl groups excluding tert-OH is 1. The van der Waals surface area contributed by atoms with Crippen LogP contribution in [-0.2, 0) is 6.54 Å². The fourth-order valence-electron chi connectivity index (χ4n) is 3.11. The standard InChI is InChI=1S/C21H25ClN2O3S/c1-11(2)16-7-17(22)12(3)6-18(16)27-9-15(25)8-24-10-23-20-19(21(24)26)13(4)14(5)28-20/h6-7,10-11,15,25H,8-9H2,1-5H3. The van der Waals surface area contributed by atoms with Gasteiger partial charge in [-0.15, -0.1) is 11.3 Å². The zero-order valence-electron chi connectivity index (χ0n) is 16.7. The second kappa shape index (κ2) is 8.23. The highest BCUT2D eigenvalue weighted by Gasteiger charge is 2.16. The number of halogens is 1. The topological polar surface area (TPSA) is 64.3 Å². The predicted molar refractivity (Wildman–Crippen MR) is 115 cm³/mol. The summed E-state index contributed by atoms with van der Waals surface area (Å²) in [5.41, 5.74) is 2.74. The van der Waals surface area contributed by atoms with E-state index in [1.807, 2.05) is 32.9 Å². The molecule has 0 aliphatic rings. The summed E-state index contributed by atoms with van der Waals surface area (Å²) in [5, 5.41) is 11.8. The van der Waals surface area contributed by atoms with E-state index >= 15 is 0 Å². The first-order valence-corrected chi connectivity index (χ1v) is 10.4. The quantitative estimate of drug-likeness (QED) is 0.632. The van der Waals surface area contributed by atoms with Crippen molar-refractivity contribution in [2.75, 3.05) is 6.61 Å². The molecule has 2 heterocycles. The van der Waals surface area contributed by atoms with Crippen molar-refractivity contribution in [3.05, 3.63) is 55.4 Å². The van der Waals surface area contributed by atoms with E-state index in [2.05, 4.69) is 18.8 Å². The van der Waals surface area contributed by atoms with Gasteiger partial charge in [-0.05, 0) is 55.5 Å². The lowest BCUT2D eigenvalue weighted by atomic mass is 10.0. The average molecular weight is 421 g/mol. The second-order valence-corrected chi connectivity index (χ2v) is 9.03. The lowest BCUT2D eigenvalue weighted by Gasteiger charge is -2.18. The van der Waals surface area contributed by atoms with Crippen LogP contribution < -0.4 is 10.3 Å². The molecule has 1 atom stereocenters. The van der Waals surface area contributed by atoms with Crippen LogP contribution >= 0.6 is 22.9 Å². The zero-order valence-corrected chi connectivity index (χ0v) is 18.3. The summed E-state index contributed by atoms with van der Waals surface area (Å²) in [6.45, 7) is 10.2. The van der Waals surface area contributed by atoms with Gasteiger partial charge in [0.25, 0.3) is 5.56 Å². The molecule has 0 aliphatic heterocycles. The third kappa shape index (κ3) is 4.09. The Bertz CT molecular complexity index is 1070. The summed E-state index contributed by atoms with van der Waals surface area (Å²) in [5.74, 6) is 0.949. The predicted octanol–water partition coefficient (Wildman–Crippen LogP) is 4.60. The zero-order chi connectivity index (χ0) is 20.6. The fraction of sp³-hybridized carbons (Fsp3) is 0.429. The summed E-state index contributed by atoms with van der Waals surface area (Å²) in [6.07, 6.45) is 0.655. The van der Waals surface area contributed by atoms with Gasteiger partial charge in [-0.3, -0.25) is 9.36 Å². The van der Waals surface area contributed by atoms with Crippen molar-refractivity contribution in [1.82, 2.24) is 9.55 Å². The number of rotatable bonds is 6. The Kier molecular flexibility index (Phi) is 6.12. The molecule has 1 unspecified atom stereocenters. The Hall–Kier alpha value is -1.89. The van der Waals surface area contributed by atoms with E-state index in [-0.39, 0.29) is 24.6 Å². The average Bonchev–Trinajstić information content (AvgIpc) is 2.92. The number of nitrogens with zero attached hydrogens (tertiary/aromatic N) is 2. The van der Waals surface area contributed by atoms with Crippen molar-refractivity contribution in [2.45, 2.75) is 53.2 Å². The van der Waals surface area contributed by atoms with Crippen molar-refractivity contribution in [3.8, 4) is 5.75 Å². The molecule has 0 saturated heterocycles. The number of hydrogen-bond donors (Lipinski definition) is 1. The number of aromatic nitrogens is 2. The molecule has 3 rings (SSSR count). The van der Waals surface area contributed by atoms with Crippen molar-refractivity contribution >= 4 is 33.2 Å². The molecule has 28 heavy (non-hydrogen) atoms. The summed E-state index contributed by atoms with van der Waals surface area (Å²) in [4.78, 5) is 18.9. The van der Waals surface area contributed by atoms with Crippen LogP contribution in [-0.4, -0.2) is 27.4 Å². The van der Waals surface area contributed by atoms with Gasteiger partial charge in [0.1, 0.15) is 23.3 Å². The van der Waals surface area contributed by atoms with E-state index in [9.17, 15) is 9.90 Å². The molecule has 1 N–H and O–H groups in total. The molecule has 2 aromatic heterocycles. The Morgan fingerprint density at radius 3 is 2.68 bits per heavy atom. The Morgan fingerprint density at radius 2 is 2.00 bits per heavy atom. The van der Waals surface area contributed by atoms with Crippen LogP contribution in [0.15, 0.2) is 23.3 Å². The van der Waals surface area contributed by atoms with Gasteiger partial charge >= 0.3 is 0 Å². The van der Waals surface area contributed by atoms with E-state index in [1.54, 1.807) is 0 Å². The first kappa shape index (κ1) is 20.8. The Morgan fingerprint density at radius 1 is 1.29 bits per heavy atom. The van der Waals surface area contributed by atoms with Gasteiger partial charge in [-0.2, -0.15) is 0 Å². The van der Waals surface area contributed by atoms with E-state index in [0.717, 1.165) is 26.4 Å². The van der Waals surface area contributed by atoms with Crippen molar-refractivity contribution in [2.24, 2.45) is 0 Å². The molecule has 0 spiro atoms. The molecule has 7 heteroatoms. The summed E-state index contributed by atoms with van der Waals surface area (Å²) >= 11 is 7.74. The molecule has 0 bridgehead atoms. The van der Waals surface area contributed by atoms with E-state index in [1.165, 1.54) is 22.2 Å². The number of thiophene rings is 1. The SMILES string of the molecule is Cc1cc(OCC(O)Cn2cnc3sc(C)c(C)c3c2=O)c(C(C)C)cc1Cl. The molecule has 0 aliphatic carbocycles. The number of hydrogen-bond acceptors (Lipinski definition) is 5. The van der Waals surface area contributed by atoms with Gasteiger partial charge in [0.2, 0.25) is 0 Å². The number of fused-ring (bicyclic) bond motifs is 1. The summed E-state index contributed by atoms with van der Waals surface area (Å²) in [7, 11) is 0. The van der Waals surface area contributed by atoms with Gasteiger partial charge in [0.05, 0.1) is 18.3 Å². The second-order valence-electron chi connectivity index (χ2n) is 7.42. The van der Waals surface area contributed by atoms with Gasteiger partial charge in [-0.25, -0.2) is 4.98 Å². The monoisotopic (exact) mass is 420 g/mol. The van der Waals surface area contributed by atoms with Crippen molar-refractivity contribution in [3.63, 3.8) is 0 Å². The van der Waals surface area contributed by atoms with Gasteiger partial charge in [0, 0.05) is 9.90 Å². The highest BCUT2D eigenvalue weighted by molar-refractivity contribution is 7.18. The van der Waals surface area contributed by atoms with Crippen LogP contribution in [0.1, 0.15) is 41.3 Å². The van der Waals surface area contributed by atoms with Crippen LogP contribution in [0.25, 0.3) is 10.2 Å².